The Labute approximate surface area is 148 Å². The molecule has 0 aliphatic heterocycles. The number of carbonyl (C=O) groups is 1. The average molecular weight is 381 g/mol. The SMILES string of the molecule is Cc1cc(Cl)cc2sc(NC(=O)c3cccc(S(C)(=O)=O)c3)nc12. The van der Waals surface area contributed by atoms with E-state index in [1.807, 2.05) is 13.0 Å². The normalized spacial score (nSPS) is 11.6. The molecule has 3 rings (SSSR count). The van der Waals surface area contributed by atoms with Gasteiger partial charge in [0, 0.05) is 16.8 Å². The van der Waals surface area contributed by atoms with Gasteiger partial charge in [0.2, 0.25) is 0 Å². The van der Waals surface area contributed by atoms with Crippen LogP contribution in [0.15, 0.2) is 41.3 Å². The number of aromatic nitrogens is 1. The Morgan fingerprint density at radius 1 is 1.25 bits per heavy atom. The van der Waals surface area contributed by atoms with Crippen molar-refractivity contribution >= 4 is 54.0 Å². The first-order valence-electron chi connectivity index (χ1n) is 6.92. The van der Waals surface area contributed by atoms with Crippen LogP contribution < -0.4 is 5.32 Å². The van der Waals surface area contributed by atoms with Gasteiger partial charge >= 0.3 is 0 Å². The lowest BCUT2D eigenvalue weighted by Gasteiger charge is -2.03. The smallest absolute Gasteiger partial charge is 0.257 e. The van der Waals surface area contributed by atoms with Crippen molar-refractivity contribution in [2.75, 3.05) is 11.6 Å². The summed E-state index contributed by atoms with van der Waals surface area (Å²) in [5, 5.41) is 3.75. The molecular formula is C16H13ClN2O3S2. The summed E-state index contributed by atoms with van der Waals surface area (Å²) in [5.74, 6) is -0.414. The van der Waals surface area contributed by atoms with Gasteiger partial charge in [0.05, 0.1) is 15.1 Å². The first kappa shape index (κ1) is 16.9. The van der Waals surface area contributed by atoms with Crippen LogP contribution >= 0.6 is 22.9 Å². The molecule has 1 heterocycles. The maximum Gasteiger partial charge on any atom is 0.257 e. The number of aryl methyl sites for hydroxylation is 1. The van der Waals surface area contributed by atoms with Gasteiger partial charge in [-0.2, -0.15) is 0 Å². The molecule has 0 saturated heterocycles. The van der Waals surface area contributed by atoms with E-state index in [-0.39, 0.29) is 10.5 Å². The second kappa shape index (κ2) is 6.16. The molecule has 0 aliphatic carbocycles. The van der Waals surface area contributed by atoms with Gasteiger partial charge in [-0.1, -0.05) is 29.0 Å². The number of carbonyl (C=O) groups excluding carboxylic acids is 1. The van der Waals surface area contributed by atoms with Gasteiger partial charge in [-0.25, -0.2) is 13.4 Å². The molecular weight excluding hydrogens is 368 g/mol. The van der Waals surface area contributed by atoms with E-state index in [1.165, 1.54) is 29.5 Å². The minimum Gasteiger partial charge on any atom is -0.298 e. The third-order valence-electron chi connectivity index (χ3n) is 3.40. The van der Waals surface area contributed by atoms with E-state index in [0.29, 0.717) is 10.2 Å². The predicted octanol–water partition coefficient (Wildman–Crippen LogP) is 3.91. The van der Waals surface area contributed by atoms with E-state index in [9.17, 15) is 13.2 Å². The van der Waals surface area contributed by atoms with Crippen molar-refractivity contribution in [1.29, 1.82) is 0 Å². The van der Waals surface area contributed by atoms with E-state index < -0.39 is 15.7 Å². The lowest BCUT2D eigenvalue weighted by Crippen LogP contribution is -2.12. The van der Waals surface area contributed by atoms with Gasteiger partial charge < -0.3 is 0 Å². The van der Waals surface area contributed by atoms with Crippen molar-refractivity contribution in [3.05, 3.63) is 52.5 Å². The molecule has 0 atom stereocenters. The number of halogens is 1. The molecule has 0 unspecified atom stereocenters. The van der Waals surface area contributed by atoms with Crippen molar-refractivity contribution in [3.8, 4) is 0 Å². The standard InChI is InChI=1S/C16H13ClN2O3S2/c1-9-6-11(17)8-13-14(9)18-16(23-13)19-15(20)10-4-3-5-12(7-10)24(2,21)22/h3-8H,1-2H3,(H,18,19,20). The highest BCUT2D eigenvalue weighted by Gasteiger charge is 2.14. The molecule has 1 aromatic heterocycles. The zero-order valence-corrected chi connectivity index (χ0v) is 15.2. The van der Waals surface area contributed by atoms with Crippen LogP contribution in [-0.2, 0) is 9.84 Å². The fourth-order valence-corrected chi connectivity index (χ4v) is 4.23. The van der Waals surface area contributed by atoms with Gasteiger partial charge in [0.15, 0.2) is 15.0 Å². The fraction of sp³-hybridized carbons (Fsp3) is 0.125. The Bertz CT molecular complexity index is 1060. The Hall–Kier alpha value is -1.96. The highest BCUT2D eigenvalue weighted by molar-refractivity contribution is 7.90. The Balaban J connectivity index is 1.92. The fourth-order valence-electron chi connectivity index (χ4n) is 2.25. The molecule has 0 aliphatic rings. The summed E-state index contributed by atoms with van der Waals surface area (Å²) >= 11 is 7.34. The number of anilines is 1. The monoisotopic (exact) mass is 380 g/mol. The van der Waals surface area contributed by atoms with E-state index >= 15 is 0 Å². The van der Waals surface area contributed by atoms with Gasteiger partial charge in [-0.3, -0.25) is 10.1 Å². The molecule has 3 aromatic rings. The largest absolute Gasteiger partial charge is 0.298 e. The number of amides is 1. The molecule has 0 spiro atoms. The Kier molecular flexibility index (Phi) is 4.33. The molecule has 0 fully saturated rings. The van der Waals surface area contributed by atoms with Crippen LogP contribution in [0.5, 0.6) is 0 Å². The van der Waals surface area contributed by atoms with Crippen molar-refractivity contribution < 1.29 is 13.2 Å². The van der Waals surface area contributed by atoms with Crippen LogP contribution in [0, 0.1) is 6.92 Å². The van der Waals surface area contributed by atoms with Crippen molar-refractivity contribution in [3.63, 3.8) is 0 Å². The van der Waals surface area contributed by atoms with Gasteiger partial charge in [0.25, 0.3) is 5.91 Å². The minimum atomic E-state index is -3.37. The van der Waals surface area contributed by atoms with Crippen LogP contribution in [0.1, 0.15) is 15.9 Å². The number of benzene rings is 2. The van der Waals surface area contributed by atoms with Gasteiger partial charge in [0.1, 0.15) is 0 Å². The molecule has 0 radical (unpaired) electrons. The summed E-state index contributed by atoms with van der Waals surface area (Å²) < 4.78 is 24.1. The van der Waals surface area contributed by atoms with Crippen LogP contribution in [0.2, 0.25) is 5.02 Å². The van der Waals surface area contributed by atoms with Crippen LogP contribution in [0.25, 0.3) is 10.2 Å². The third kappa shape index (κ3) is 3.43. The number of nitrogens with one attached hydrogen (secondary N) is 1. The number of fused-ring (bicyclic) bond motifs is 1. The summed E-state index contributed by atoms with van der Waals surface area (Å²) in [7, 11) is -3.37. The molecule has 0 bridgehead atoms. The average Bonchev–Trinajstić information content (AvgIpc) is 2.89. The second-order valence-electron chi connectivity index (χ2n) is 5.34. The molecule has 2 aromatic carbocycles. The zero-order valence-electron chi connectivity index (χ0n) is 12.8. The summed E-state index contributed by atoms with van der Waals surface area (Å²) in [4.78, 5) is 16.9. The van der Waals surface area contributed by atoms with Crippen LogP contribution in [0.4, 0.5) is 5.13 Å². The molecule has 5 nitrogen and oxygen atoms in total. The lowest BCUT2D eigenvalue weighted by atomic mass is 10.2. The number of nitrogens with zero attached hydrogens (tertiary/aromatic N) is 1. The van der Waals surface area contributed by atoms with E-state index in [1.54, 1.807) is 12.1 Å². The number of rotatable bonds is 3. The molecule has 0 saturated carbocycles. The first-order valence-corrected chi connectivity index (χ1v) is 10.0. The maximum absolute atomic E-state index is 12.4. The van der Waals surface area contributed by atoms with Crippen molar-refractivity contribution in [2.45, 2.75) is 11.8 Å². The van der Waals surface area contributed by atoms with E-state index in [4.69, 9.17) is 11.6 Å². The van der Waals surface area contributed by atoms with Crippen LogP contribution in [0.3, 0.4) is 0 Å². The predicted molar refractivity (Wildman–Crippen MR) is 96.9 cm³/mol. The summed E-state index contributed by atoms with van der Waals surface area (Å²) in [6.07, 6.45) is 1.10. The first-order chi connectivity index (χ1) is 11.2. The highest BCUT2D eigenvalue weighted by atomic mass is 35.5. The number of sulfone groups is 1. The topological polar surface area (TPSA) is 76.1 Å². The van der Waals surface area contributed by atoms with Crippen LogP contribution in [-0.4, -0.2) is 25.6 Å². The van der Waals surface area contributed by atoms with E-state index in [0.717, 1.165) is 22.0 Å². The molecule has 1 amide bonds. The summed E-state index contributed by atoms with van der Waals surface area (Å²) in [6, 6.07) is 9.49. The van der Waals surface area contributed by atoms with Crippen molar-refractivity contribution in [1.82, 2.24) is 4.98 Å². The lowest BCUT2D eigenvalue weighted by molar-refractivity contribution is 0.102. The second-order valence-corrected chi connectivity index (χ2v) is 8.83. The highest BCUT2D eigenvalue weighted by Crippen LogP contribution is 2.31. The molecule has 8 heteroatoms. The molecule has 124 valence electrons. The summed E-state index contributed by atoms with van der Waals surface area (Å²) in [5.41, 5.74) is 1.96. The zero-order chi connectivity index (χ0) is 17.5. The Morgan fingerprint density at radius 3 is 2.71 bits per heavy atom. The minimum absolute atomic E-state index is 0.0991. The quantitative estimate of drug-likeness (QED) is 0.747. The van der Waals surface area contributed by atoms with Crippen molar-refractivity contribution in [2.24, 2.45) is 0 Å². The van der Waals surface area contributed by atoms with Gasteiger partial charge in [-0.05, 0) is 42.8 Å². The Morgan fingerprint density at radius 2 is 2.00 bits per heavy atom. The third-order valence-corrected chi connectivity index (χ3v) is 5.64. The number of hydrogen-bond acceptors (Lipinski definition) is 5. The van der Waals surface area contributed by atoms with Gasteiger partial charge in [-0.15, -0.1) is 0 Å². The maximum atomic E-state index is 12.4. The molecule has 1 N–H and O–H groups in total. The van der Waals surface area contributed by atoms with E-state index in [2.05, 4.69) is 10.3 Å². The number of hydrogen-bond donors (Lipinski definition) is 1. The molecule has 24 heavy (non-hydrogen) atoms. The summed E-state index contributed by atoms with van der Waals surface area (Å²) in [6.45, 7) is 1.90. The number of thiazole rings is 1.